The summed E-state index contributed by atoms with van der Waals surface area (Å²) < 4.78 is 0. The number of anilines is 2. The van der Waals surface area contributed by atoms with E-state index in [2.05, 4.69) is 24.8 Å². The lowest BCUT2D eigenvalue weighted by molar-refractivity contribution is 0.474. The average Bonchev–Trinajstić information content (AvgIpc) is 2.46. The summed E-state index contributed by atoms with van der Waals surface area (Å²) >= 11 is 0. The fourth-order valence-electron chi connectivity index (χ4n) is 3.04. The van der Waals surface area contributed by atoms with Crippen molar-refractivity contribution in [2.45, 2.75) is 27.3 Å². The minimum atomic E-state index is 0.203. The average molecular weight is 324 g/mol. The molecule has 7 nitrogen and oxygen atoms in total. The van der Waals surface area contributed by atoms with Crippen LogP contribution in [0.5, 0.6) is 5.75 Å². The molecule has 7 heteroatoms. The van der Waals surface area contributed by atoms with Crippen LogP contribution < -0.4 is 10.6 Å². The summed E-state index contributed by atoms with van der Waals surface area (Å²) in [5.41, 5.74) is 11.4. The first-order valence-corrected chi connectivity index (χ1v) is 7.62. The number of nitrogen functional groups attached to an aromatic ring is 1. The molecule has 0 saturated heterocycles. The van der Waals surface area contributed by atoms with Gasteiger partial charge in [-0.1, -0.05) is 0 Å². The van der Waals surface area contributed by atoms with E-state index in [4.69, 9.17) is 5.73 Å². The van der Waals surface area contributed by atoms with Crippen LogP contribution in [0, 0.1) is 20.8 Å². The Hall–Kier alpha value is -2.96. The molecule has 3 N–H and O–H groups in total. The number of aryl methyl sites for hydroxylation is 3. The smallest absolute Gasteiger partial charge is 0.222 e. The molecule has 0 amide bonds. The molecular formula is C17H20N6O. The highest BCUT2D eigenvalue weighted by Crippen LogP contribution is 2.29. The number of rotatable bonds is 3. The number of phenols is 1. The molecule has 24 heavy (non-hydrogen) atoms. The van der Waals surface area contributed by atoms with Crippen molar-refractivity contribution in [3.8, 4) is 5.75 Å². The minimum absolute atomic E-state index is 0.203. The quantitative estimate of drug-likeness (QED) is 0.762. The molecule has 0 unspecified atom stereocenters. The number of aromatic nitrogens is 4. The van der Waals surface area contributed by atoms with E-state index in [1.54, 1.807) is 18.3 Å². The number of hydrogen-bond acceptors (Lipinski definition) is 7. The highest BCUT2D eigenvalue weighted by atomic mass is 16.3. The van der Waals surface area contributed by atoms with Gasteiger partial charge in [0, 0.05) is 12.7 Å². The van der Waals surface area contributed by atoms with E-state index in [0.29, 0.717) is 23.4 Å². The van der Waals surface area contributed by atoms with E-state index in [1.165, 1.54) is 0 Å². The monoisotopic (exact) mass is 324 g/mol. The second kappa shape index (κ2) is 5.92. The van der Waals surface area contributed by atoms with Gasteiger partial charge >= 0.3 is 0 Å². The third kappa shape index (κ3) is 2.92. The lowest BCUT2D eigenvalue weighted by atomic mass is 10.1. The molecule has 1 aromatic carbocycles. The number of hydrogen-bond donors (Lipinski definition) is 2. The van der Waals surface area contributed by atoms with Crippen molar-refractivity contribution >= 4 is 22.8 Å². The molecular weight excluding hydrogens is 304 g/mol. The number of fused-ring (bicyclic) bond motifs is 1. The summed E-state index contributed by atoms with van der Waals surface area (Å²) in [7, 11) is 1.99. The zero-order valence-corrected chi connectivity index (χ0v) is 14.2. The third-order valence-corrected chi connectivity index (χ3v) is 3.91. The maximum Gasteiger partial charge on any atom is 0.222 e. The van der Waals surface area contributed by atoms with E-state index in [1.807, 2.05) is 27.8 Å². The molecule has 0 radical (unpaired) electrons. The fourth-order valence-corrected chi connectivity index (χ4v) is 3.04. The topological polar surface area (TPSA) is 101 Å². The van der Waals surface area contributed by atoms with Gasteiger partial charge < -0.3 is 15.7 Å². The van der Waals surface area contributed by atoms with Gasteiger partial charge in [0.1, 0.15) is 11.3 Å². The molecule has 0 aliphatic carbocycles. The van der Waals surface area contributed by atoms with E-state index >= 15 is 0 Å². The molecule has 3 aromatic rings. The first-order valence-electron chi connectivity index (χ1n) is 7.62. The second-order valence-corrected chi connectivity index (χ2v) is 5.99. The van der Waals surface area contributed by atoms with Gasteiger partial charge in [0.05, 0.1) is 24.1 Å². The van der Waals surface area contributed by atoms with Gasteiger partial charge in [-0.15, -0.1) is 0 Å². The Bertz CT molecular complexity index is 901. The van der Waals surface area contributed by atoms with Gasteiger partial charge in [0.2, 0.25) is 5.95 Å². The molecule has 0 aliphatic rings. The Morgan fingerprint density at radius 3 is 2.42 bits per heavy atom. The largest absolute Gasteiger partial charge is 0.508 e. The first kappa shape index (κ1) is 15.9. The SMILES string of the molecule is Cc1cc(O)cc(C)c1N(C)Cc1cnc2nc(N)nc(C)c2n1. The van der Waals surface area contributed by atoms with Crippen molar-refractivity contribution in [2.24, 2.45) is 0 Å². The van der Waals surface area contributed by atoms with Crippen molar-refractivity contribution in [1.82, 2.24) is 19.9 Å². The molecule has 0 fully saturated rings. The van der Waals surface area contributed by atoms with Crippen LogP contribution in [-0.2, 0) is 6.54 Å². The minimum Gasteiger partial charge on any atom is -0.508 e. The van der Waals surface area contributed by atoms with Crippen LogP contribution in [0.15, 0.2) is 18.3 Å². The van der Waals surface area contributed by atoms with Crippen LogP contribution in [0.1, 0.15) is 22.5 Å². The summed E-state index contributed by atoms with van der Waals surface area (Å²) in [5, 5.41) is 9.70. The molecule has 3 rings (SSSR count). The third-order valence-electron chi connectivity index (χ3n) is 3.91. The van der Waals surface area contributed by atoms with Crippen LogP contribution in [-0.4, -0.2) is 32.1 Å². The Kier molecular flexibility index (Phi) is 3.92. The van der Waals surface area contributed by atoms with Gasteiger partial charge in [-0.05, 0) is 44.0 Å². The molecule has 2 heterocycles. The van der Waals surface area contributed by atoms with E-state index in [0.717, 1.165) is 22.5 Å². The maximum atomic E-state index is 9.70. The molecule has 0 aliphatic heterocycles. The van der Waals surface area contributed by atoms with Crippen LogP contribution in [0.3, 0.4) is 0 Å². The summed E-state index contributed by atoms with van der Waals surface area (Å²) in [5.74, 6) is 0.479. The number of nitrogens with zero attached hydrogens (tertiary/aromatic N) is 5. The van der Waals surface area contributed by atoms with Crippen LogP contribution in [0.4, 0.5) is 11.6 Å². The van der Waals surface area contributed by atoms with Crippen molar-refractivity contribution in [3.63, 3.8) is 0 Å². The van der Waals surface area contributed by atoms with Gasteiger partial charge in [0.25, 0.3) is 0 Å². The Balaban J connectivity index is 1.95. The lowest BCUT2D eigenvalue weighted by Gasteiger charge is -2.23. The number of benzene rings is 1. The zero-order chi connectivity index (χ0) is 17.4. The molecule has 2 aromatic heterocycles. The van der Waals surface area contributed by atoms with E-state index < -0.39 is 0 Å². The van der Waals surface area contributed by atoms with E-state index in [9.17, 15) is 5.11 Å². The zero-order valence-electron chi connectivity index (χ0n) is 14.2. The number of phenolic OH excluding ortho intramolecular Hbond substituents is 1. The predicted molar refractivity (Wildman–Crippen MR) is 94.0 cm³/mol. The van der Waals surface area contributed by atoms with Crippen molar-refractivity contribution in [3.05, 3.63) is 40.8 Å². The standard InChI is InChI=1S/C17H20N6O/c1-9-5-13(24)6-10(2)15(9)23(4)8-12-7-19-16-14(21-12)11(3)20-17(18)22-16/h5-7,24H,8H2,1-4H3,(H2,18,19,20,22). The molecule has 0 spiro atoms. The first-order chi connectivity index (χ1) is 11.3. The lowest BCUT2D eigenvalue weighted by Crippen LogP contribution is -2.19. The van der Waals surface area contributed by atoms with Gasteiger partial charge in [-0.2, -0.15) is 4.98 Å². The van der Waals surface area contributed by atoms with Crippen molar-refractivity contribution in [2.75, 3.05) is 17.7 Å². The van der Waals surface area contributed by atoms with Crippen LogP contribution in [0.25, 0.3) is 11.2 Å². The summed E-state index contributed by atoms with van der Waals surface area (Å²) in [6.07, 6.45) is 1.70. The van der Waals surface area contributed by atoms with E-state index in [-0.39, 0.29) is 11.7 Å². The molecule has 124 valence electrons. The van der Waals surface area contributed by atoms with Gasteiger partial charge in [-0.25, -0.2) is 15.0 Å². The Labute approximate surface area is 140 Å². The molecule has 0 saturated carbocycles. The molecule has 0 bridgehead atoms. The maximum absolute atomic E-state index is 9.70. The fraction of sp³-hybridized carbons (Fsp3) is 0.294. The number of nitrogens with two attached hydrogens (primary N) is 1. The summed E-state index contributed by atoms with van der Waals surface area (Å²) in [6, 6.07) is 3.51. The van der Waals surface area contributed by atoms with Gasteiger partial charge in [0.15, 0.2) is 5.65 Å². The highest BCUT2D eigenvalue weighted by molar-refractivity contribution is 5.73. The number of aromatic hydroxyl groups is 1. The highest BCUT2D eigenvalue weighted by Gasteiger charge is 2.13. The Morgan fingerprint density at radius 2 is 1.75 bits per heavy atom. The summed E-state index contributed by atoms with van der Waals surface area (Å²) in [6.45, 7) is 6.38. The predicted octanol–water partition coefficient (Wildman–Crippen LogP) is 2.27. The van der Waals surface area contributed by atoms with Gasteiger partial charge in [-0.3, -0.25) is 0 Å². The Morgan fingerprint density at radius 1 is 1.08 bits per heavy atom. The van der Waals surface area contributed by atoms with Crippen molar-refractivity contribution in [1.29, 1.82) is 0 Å². The van der Waals surface area contributed by atoms with Crippen LogP contribution in [0.2, 0.25) is 0 Å². The second-order valence-electron chi connectivity index (χ2n) is 5.99. The van der Waals surface area contributed by atoms with Crippen LogP contribution >= 0.6 is 0 Å². The van der Waals surface area contributed by atoms with Crippen molar-refractivity contribution < 1.29 is 5.11 Å². The summed E-state index contributed by atoms with van der Waals surface area (Å²) in [4.78, 5) is 19.3. The normalized spacial score (nSPS) is 11.0. The molecule has 0 atom stereocenters.